The van der Waals surface area contributed by atoms with E-state index in [9.17, 15) is 0 Å². The molecule has 7 rings (SSSR count). The third-order valence-corrected chi connectivity index (χ3v) is 12.2. The average Bonchev–Trinajstić information content (AvgIpc) is 3.91. The molecule has 0 saturated carbocycles. The highest BCUT2D eigenvalue weighted by Crippen LogP contribution is 2.41. The van der Waals surface area contributed by atoms with Crippen LogP contribution in [0.2, 0.25) is 0 Å². The van der Waals surface area contributed by atoms with Crippen LogP contribution in [0.1, 0.15) is 128 Å². The van der Waals surface area contributed by atoms with Crippen LogP contribution in [-0.4, -0.2) is 19.9 Å². The van der Waals surface area contributed by atoms with E-state index >= 15 is 0 Å². The first-order valence-electron chi connectivity index (χ1n) is 18.9. The zero-order chi connectivity index (χ0) is 39.1. The average molecular weight is 845 g/mol. The Bertz CT molecular complexity index is 2490. The summed E-state index contributed by atoms with van der Waals surface area (Å²) < 4.78 is 1.76. The highest BCUT2D eigenvalue weighted by atomic mass is 79.9. The fourth-order valence-corrected chi connectivity index (χ4v) is 7.92. The lowest BCUT2D eigenvalue weighted by molar-refractivity contribution is 0.568. The van der Waals surface area contributed by atoms with Crippen molar-refractivity contribution in [1.29, 1.82) is 0 Å². The molecule has 0 unspecified atom stereocenters. The Balaban J connectivity index is 1.68. The van der Waals surface area contributed by atoms with Gasteiger partial charge < -0.3 is 9.97 Å². The van der Waals surface area contributed by atoms with Gasteiger partial charge >= 0.3 is 0 Å². The van der Waals surface area contributed by atoms with Gasteiger partial charge in [0.1, 0.15) is 0 Å². The van der Waals surface area contributed by atoms with Gasteiger partial charge in [-0.25, -0.2) is 9.97 Å². The third kappa shape index (κ3) is 7.36. The Morgan fingerprint density at radius 2 is 0.704 bits per heavy atom. The smallest absolute Gasteiger partial charge is 0.0802 e. The number of aromatic nitrogens is 4. The molecule has 0 saturated heterocycles. The minimum absolute atomic E-state index is 0.0368. The van der Waals surface area contributed by atoms with E-state index in [0.29, 0.717) is 0 Å². The lowest BCUT2D eigenvalue weighted by Gasteiger charge is -2.26. The van der Waals surface area contributed by atoms with Crippen molar-refractivity contribution in [2.24, 2.45) is 0 Å². The number of hydrogen-bond acceptors (Lipinski definition) is 2. The summed E-state index contributed by atoms with van der Waals surface area (Å²) in [4.78, 5) is 18.1. The lowest BCUT2D eigenvalue weighted by Crippen LogP contribution is -2.16. The first kappa shape index (κ1) is 38.3. The van der Waals surface area contributed by atoms with E-state index in [1.54, 1.807) is 0 Å². The molecular weight excluding hydrogens is 792 g/mol. The number of halogens is 2. The summed E-state index contributed by atoms with van der Waals surface area (Å²) >= 11 is 7.79. The number of nitrogens with one attached hydrogen (secondary N) is 2. The second-order valence-corrected chi connectivity index (χ2v) is 20.6. The fraction of sp³-hybridized carbons (Fsp3) is 0.333. The third-order valence-electron chi connectivity index (χ3n) is 10.5. The molecule has 0 radical (unpaired) electrons. The first-order chi connectivity index (χ1) is 25.1. The minimum Gasteiger partial charge on any atom is -0.354 e. The SMILES string of the molecule is CC(C)(C)c1cc(-c2c3nc(c(Br)c4nc(c(Br)c5ccc([nH]5)c(-c5cc(C(C)(C)C)cc(C(C)(C)C)c5)c5ccc2[nH]5)C=C4)C=C3)cc(C(C)(C)C)c1. The van der Waals surface area contributed by atoms with Crippen LogP contribution in [0.5, 0.6) is 0 Å². The van der Waals surface area contributed by atoms with Crippen molar-refractivity contribution in [1.82, 2.24) is 19.9 Å². The Hall–Kier alpha value is -4.00. The van der Waals surface area contributed by atoms with Gasteiger partial charge in [0.2, 0.25) is 0 Å². The van der Waals surface area contributed by atoms with Gasteiger partial charge in [-0.1, -0.05) is 119 Å². The molecule has 0 aliphatic carbocycles. The molecule has 2 N–H and O–H groups in total. The summed E-state index contributed by atoms with van der Waals surface area (Å²) in [6.45, 7) is 27.5. The fourth-order valence-electron chi connectivity index (χ4n) is 7.03. The van der Waals surface area contributed by atoms with Crippen molar-refractivity contribution in [3.63, 3.8) is 0 Å². The summed E-state index contributed by atoms with van der Waals surface area (Å²) in [5.74, 6) is 0. The second kappa shape index (κ2) is 13.3. The zero-order valence-corrected chi connectivity index (χ0v) is 36.9. The van der Waals surface area contributed by atoms with E-state index in [4.69, 9.17) is 9.97 Å². The molecule has 54 heavy (non-hydrogen) atoms. The van der Waals surface area contributed by atoms with Crippen molar-refractivity contribution in [3.8, 4) is 22.3 Å². The van der Waals surface area contributed by atoms with Gasteiger partial charge in [0.05, 0.1) is 37.2 Å². The number of fused-ring (bicyclic) bond motifs is 8. The molecular formula is C48H52Br2N4. The molecule has 0 spiro atoms. The quantitative estimate of drug-likeness (QED) is 0.182. The van der Waals surface area contributed by atoms with Crippen LogP contribution in [0.4, 0.5) is 0 Å². The van der Waals surface area contributed by atoms with E-state index in [-0.39, 0.29) is 21.7 Å². The number of aromatic amines is 2. The predicted molar refractivity (Wildman–Crippen MR) is 240 cm³/mol. The van der Waals surface area contributed by atoms with E-state index in [1.165, 1.54) is 27.8 Å². The molecule has 0 amide bonds. The van der Waals surface area contributed by atoms with Gasteiger partial charge in [0.25, 0.3) is 0 Å². The van der Waals surface area contributed by atoms with Crippen LogP contribution in [-0.2, 0) is 21.7 Å². The monoisotopic (exact) mass is 842 g/mol. The maximum atomic E-state index is 5.30. The standard InChI is InChI=1S/C48H52Br2N4/c1-45(2,3)29-21-27(22-30(25-29)46(4,5)6)41-33-13-14-34(51-33)42(28-23-31(47(7,8)9)26-32(24-28)48(10,11)12)36-16-18-38(53-36)44(50)40-20-19-39(54-40)43(49)37-17-15-35(41)52-37/h13-26,51-52H,1-12H3. The topological polar surface area (TPSA) is 57.4 Å². The highest BCUT2D eigenvalue weighted by Gasteiger charge is 2.25. The van der Waals surface area contributed by atoms with Crippen LogP contribution in [0.15, 0.2) is 69.6 Å². The largest absolute Gasteiger partial charge is 0.354 e. The van der Waals surface area contributed by atoms with Crippen molar-refractivity contribution < 1.29 is 0 Å². The second-order valence-electron chi connectivity index (χ2n) is 19.0. The summed E-state index contributed by atoms with van der Waals surface area (Å²) in [6, 6.07) is 23.0. The zero-order valence-electron chi connectivity index (χ0n) is 33.7. The molecule has 5 heterocycles. The molecule has 8 bridgehead atoms. The lowest BCUT2D eigenvalue weighted by atomic mass is 9.79. The van der Waals surface area contributed by atoms with Gasteiger partial charge in [-0.05, 0) is 135 Å². The van der Waals surface area contributed by atoms with Gasteiger partial charge in [0, 0.05) is 27.7 Å². The number of rotatable bonds is 2. The van der Waals surface area contributed by atoms with Gasteiger partial charge in [-0.2, -0.15) is 0 Å². The highest BCUT2D eigenvalue weighted by molar-refractivity contribution is 9.11. The molecule has 278 valence electrons. The number of H-pyrrole nitrogens is 2. The Morgan fingerprint density at radius 3 is 1.13 bits per heavy atom. The Labute approximate surface area is 337 Å². The Kier molecular flexibility index (Phi) is 9.46. The van der Waals surface area contributed by atoms with Gasteiger partial charge in [-0.15, -0.1) is 0 Å². The molecule has 4 nitrogen and oxygen atoms in total. The molecule has 2 aliphatic heterocycles. The van der Waals surface area contributed by atoms with Crippen molar-refractivity contribution in [2.75, 3.05) is 0 Å². The van der Waals surface area contributed by atoms with Crippen molar-refractivity contribution in [3.05, 3.63) is 115 Å². The van der Waals surface area contributed by atoms with Crippen LogP contribution in [0, 0.1) is 0 Å². The molecule has 6 heteroatoms. The summed E-state index contributed by atoms with van der Waals surface area (Å²) in [5.41, 5.74) is 17.0. The van der Waals surface area contributed by atoms with Crippen molar-refractivity contribution >= 4 is 78.2 Å². The summed E-state index contributed by atoms with van der Waals surface area (Å²) in [5, 5.41) is 0. The minimum atomic E-state index is -0.0429. The molecule has 3 aromatic heterocycles. The first-order valence-corrected chi connectivity index (χ1v) is 20.5. The Morgan fingerprint density at radius 1 is 0.389 bits per heavy atom. The van der Waals surface area contributed by atoms with E-state index in [2.05, 4.69) is 204 Å². The van der Waals surface area contributed by atoms with Crippen LogP contribution >= 0.6 is 31.9 Å². The van der Waals surface area contributed by atoms with Crippen LogP contribution in [0.25, 0.3) is 68.6 Å². The number of benzene rings is 2. The molecule has 2 aliphatic rings. The molecule has 2 aromatic carbocycles. The number of hydrogen-bond donors (Lipinski definition) is 2. The maximum absolute atomic E-state index is 5.30. The van der Waals surface area contributed by atoms with Crippen molar-refractivity contribution in [2.45, 2.75) is 105 Å². The van der Waals surface area contributed by atoms with Crippen LogP contribution < -0.4 is 0 Å². The van der Waals surface area contributed by atoms with E-state index in [0.717, 1.165) is 70.5 Å². The molecule has 0 atom stereocenters. The van der Waals surface area contributed by atoms with Crippen LogP contribution in [0.3, 0.4) is 0 Å². The van der Waals surface area contributed by atoms with E-state index < -0.39 is 0 Å². The molecule has 0 fully saturated rings. The van der Waals surface area contributed by atoms with E-state index in [1.807, 2.05) is 6.08 Å². The normalized spacial score (nSPS) is 13.6. The van der Waals surface area contributed by atoms with Gasteiger partial charge in [-0.3, -0.25) is 0 Å². The predicted octanol–water partition coefficient (Wildman–Crippen LogP) is 14.7. The van der Waals surface area contributed by atoms with Gasteiger partial charge in [0.15, 0.2) is 0 Å². The summed E-state index contributed by atoms with van der Waals surface area (Å²) in [6.07, 6.45) is 8.33. The summed E-state index contributed by atoms with van der Waals surface area (Å²) in [7, 11) is 0. The maximum Gasteiger partial charge on any atom is 0.0802 e. The number of nitrogens with zero attached hydrogens (tertiary/aromatic N) is 2. The molecule has 5 aromatic rings.